The van der Waals surface area contributed by atoms with Gasteiger partial charge < -0.3 is 4.74 Å². The molecular formula is C20H15N3O3. The lowest BCUT2D eigenvalue weighted by Crippen LogP contribution is -2.43. The molecule has 3 aromatic rings. The lowest BCUT2D eigenvalue weighted by atomic mass is 10.0. The molecule has 0 radical (unpaired) electrons. The second kappa shape index (κ2) is 7.81. The summed E-state index contributed by atoms with van der Waals surface area (Å²) >= 11 is 0. The zero-order valence-electron chi connectivity index (χ0n) is 13.7. The van der Waals surface area contributed by atoms with Gasteiger partial charge in [0, 0.05) is 5.56 Å². The van der Waals surface area contributed by atoms with Gasteiger partial charge in [-0.25, -0.2) is 0 Å². The molecule has 128 valence electrons. The van der Waals surface area contributed by atoms with Crippen LogP contribution in [0.25, 0.3) is 10.8 Å². The van der Waals surface area contributed by atoms with Crippen molar-refractivity contribution in [2.24, 2.45) is 0 Å². The summed E-state index contributed by atoms with van der Waals surface area (Å²) in [5.41, 5.74) is 5.68. The lowest BCUT2D eigenvalue weighted by Gasteiger charge is -2.10. The molecule has 0 saturated carbocycles. The molecular weight excluding hydrogens is 330 g/mol. The van der Waals surface area contributed by atoms with E-state index in [0.29, 0.717) is 16.9 Å². The number of carbonyl (C=O) groups excluding carboxylic acids is 2. The van der Waals surface area contributed by atoms with E-state index in [9.17, 15) is 9.59 Å². The van der Waals surface area contributed by atoms with E-state index in [1.165, 1.54) is 0 Å². The fourth-order valence-corrected chi connectivity index (χ4v) is 2.43. The first-order valence-corrected chi connectivity index (χ1v) is 7.87. The summed E-state index contributed by atoms with van der Waals surface area (Å²) in [6.45, 7) is -0.262. The maximum absolute atomic E-state index is 12.3. The van der Waals surface area contributed by atoms with Crippen LogP contribution in [0.2, 0.25) is 0 Å². The van der Waals surface area contributed by atoms with E-state index >= 15 is 0 Å². The van der Waals surface area contributed by atoms with Gasteiger partial charge in [0.2, 0.25) is 0 Å². The number of ether oxygens (including phenoxy) is 1. The molecule has 0 saturated heterocycles. The summed E-state index contributed by atoms with van der Waals surface area (Å²) < 4.78 is 5.30. The van der Waals surface area contributed by atoms with Crippen LogP contribution in [-0.4, -0.2) is 18.4 Å². The van der Waals surface area contributed by atoms with Gasteiger partial charge in [-0.3, -0.25) is 20.4 Å². The monoisotopic (exact) mass is 345 g/mol. The van der Waals surface area contributed by atoms with Crippen LogP contribution in [0.4, 0.5) is 0 Å². The number of hydrogen-bond donors (Lipinski definition) is 2. The molecule has 0 atom stereocenters. The van der Waals surface area contributed by atoms with Crippen molar-refractivity contribution in [1.82, 2.24) is 10.9 Å². The van der Waals surface area contributed by atoms with Gasteiger partial charge in [0.05, 0.1) is 11.6 Å². The second-order valence-electron chi connectivity index (χ2n) is 5.45. The minimum absolute atomic E-state index is 0.262. The van der Waals surface area contributed by atoms with E-state index in [0.717, 1.165) is 10.8 Å². The topological polar surface area (TPSA) is 91.2 Å². The predicted molar refractivity (Wildman–Crippen MR) is 96.2 cm³/mol. The molecule has 0 heterocycles. The third kappa shape index (κ3) is 3.97. The van der Waals surface area contributed by atoms with Crippen molar-refractivity contribution >= 4 is 22.6 Å². The number of carbonyl (C=O) groups is 2. The number of amides is 2. The average Bonchev–Trinajstić information content (AvgIpc) is 2.70. The molecule has 0 fully saturated rings. The Morgan fingerprint density at radius 1 is 0.923 bits per heavy atom. The third-order valence-electron chi connectivity index (χ3n) is 3.70. The molecule has 0 aliphatic carbocycles. The van der Waals surface area contributed by atoms with Crippen molar-refractivity contribution in [3.05, 3.63) is 77.9 Å². The van der Waals surface area contributed by atoms with Gasteiger partial charge in [0.15, 0.2) is 6.61 Å². The molecule has 3 aromatic carbocycles. The van der Waals surface area contributed by atoms with E-state index in [1.807, 2.05) is 36.4 Å². The molecule has 2 amide bonds. The number of rotatable bonds is 4. The molecule has 26 heavy (non-hydrogen) atoms. The standard InChI is InChI=1S/C20H15N3O3/c21-12-14-8-10-16(11-9-14)26-13-19(24)22-23-20(25)18-7-3-5-15-4-1-2-6-17(15)18/h1-11H,13H2,(H,22,24)(H,23,25). The van der Waals surface area contributed by atoms with Gasteiger partial charge in [0.25, 0.3) is 11.8 Å². The van der Waals surface area contributed by atoms with Crippen LogP contribution in [0.5, 0.6) is 5.75 Å². The molecule has 0 bridgehead atoms. The van der Waals surface area contributed by atoms with Gasteiger partial charge in [-0.05, 0) is 41.1 Å². The van der Waals surface area contributed by atoms with Gasteiger partial charge in [0.1, 0.15) is 5.75 Å². The first kappa shape index (κ1) is 17.0. The Hall–Kier alpha value is -3.85. The summed E-state index contributed by atoms with van der Waals surface area (Å²) in [5, 5.41) is 10.5. The molecule has 0 aliphatic heterocycles. The van der Waals surface area contributed by atoms with E-state index in [4.69, 9.17) is 10.00 Å². The molecule has 3 rings (SSSR count). The smallest absolute Gasteiger partial charge is 0.276 e. The minimum atomic E-state index is -0.497. The van der Waals surface area contributed by atoms with E-state index in [1.54, 1.807) is 36.4 Å². The predicted octanol–water partition coefficient (Wildman–Crippen LogP) is 2.55. The van der Waals surface area contributed by atoms with Crippen LogP contribution in [0, 0.1) is 11.3 Å². The van der Waals surface area contributed by atoms with Crippen LogP contribution in [0.15, 0.2) is 66.7 Å². The summed E-state index contributed by atoms with van der Waals surface area (Å²) in [7, 11) is 0. The summed E-state index contributed by atoms with van der Waals surface area (Å²) in [6, 6.07) is 21.3. The molecule has 6 heteroatoms. The maximum Gasteiger partial charge on any atom is 0.276 e. The first-order valence-electron chi connectivity index (χ1n) is 7.87. The van der Waals surface area contributed by atoms with Crippen molar-refractivity contribution in [3.63, 3.8) is 0 Å². The highest BCUT2D eigenvalue weighted by atomic mass is 16.5. The van der Waals surface area contributed by atoms with E-state index in [2.05, 4.69) is 10.9 Å². The van der Waals surface area contributed by atoms with Crippen LogP contribution in [0.1, 0.15) is 15.9 Å². The fourth-order valence-electron chi connectivity index (χ4n) is 2.43. The number of benzene rings is 3. The van der Waals surface area contributed by atoms with Crippen molar-refractivity contribution in [3.8, 4) is 11.8 Å². The van der Waals surface area contributed by atoms with Crippen LogP contribution >= 0.6 is 0 Å². The highest BCUT2D eigenvalue weighted by Crippen LogP contribution is 2.18. The number of nitriles is 1. The maximum atomic E-state index is 12.3. The van der Waals surface area contributed by atoms with Crippen molar-refractivity contribution in [2.45, 2.75) is 0 Å². The number of nitrogens with one attached hydrogen (secondary N) is 2. The van der Waals surface area contributed by atoms with E-state index < -0.39 is 11.8 Å². The molecule has 0 aliphatic rings. The van der Waals surface area contributed by atoms with Crippen molar-refractivity contribution in [1.29, 1.82) is 5.26 Å². The zero-order chi connectivity index (χ0) is 18.4. The Bertz CT molecular complexity index is 986. The lowest BCUT2D eigenvalue weighted by molar-refractivity contribution is -0.123. The highest BCUT2D eigenvalue weighted by molar-refractivity contribution is 6.07. The normalized spacial score (nSPS) is 9.96. The van der Waals surface area contributed by atoms with Gasteiger partial charge in [-0.15, -0.1) is 0 Å². The highest BCUT2D eigenvalue weighted by Gasteiger charge is 2.11. The van der Waals surface area contributed by atoms with Gasteiger partial charge in [-0.1, -0.05) is 36.4 Å². The summed E-state index contributed by atoms with van der Waals surface area (Å²) in [6.07, 6.45) is 0. The summed E-state index contributed by atoms with van der Waals surface area (Å²) in [5.74, 6) is -0.448. The number of nitrogens with zero attached hydrogens (tertiary/aromatic N) is 1. The Kier molecular flexibility index (Phi) is 5.11. The fraction of sp³-hybridized carbons (Fsp3) is 0.0500. The largest absolute Gasteiger partial charge is 0.484 e. The Labute approximate surface area is 150 Å². The quantitative estimate of drug-likeness (QED) is 0.711. The summed E-state index contributed by atoms with van der Waals surface area (Å²) in [4.78, 5) is 24.1. The molecule has 0 unspecified atom stereocenters. The molecule has 0 spiro atoms. The van der Waals surface area contributed by atoms with E-state index in [-0.39, 0.29) is 6.61 Å². The first-order chi connectivity index (χ1) is 12.7. The molecule has 2 N–H and O–H groups in total. The Morgan fingerprint density at radius 3 is 2.42 bits per heavy atom. The zero-order valence-corrected chi connectivity index (χ0v) is 13.7. The number of hydrogen-bond acceptors (Lipinski definition) is 4. The SMILES string of the molecule is N#Cc1ccc(OCC(=O)NNC(=O)c2cccc3ccccc23)cc1. The Morgan fingerprint density at radius 2 is 1.65 bits per heavy atom. The minimum Gasteiger partial charge on any atom is -0.484 e. The van der Waals surface area contributed by atoms with Gasteiger partial charge >= 0.3 is 0 Å². The second-order valence-corrected chi connectivity index (χ2v) is 5.45. The average molecular weight is 345 g/mol. The third-order valence-corrected chi connectivity index (χ3v) is 3.70. The number of fused-ring (bicyclic) bond motifs is 1. The van der Waals surface area contributed by atoms with Gasteiger partial charge in [-0.2, -0.15) is 5.26 Å². The molecule has 6 nitrogen and oxygen atoms in total. The van der Waals surface area contributed by atoms with Crippen molar-refractivity contribution < 1.29 is 14.3 Å². The molecule has 0 aromatic heterocycles. The van der Waals surface area contributed by atoms with Crippen LogP contribution in [0.3, 0.4) is 0 Å². The number of hydrazine groups is 1. The van der Waals surface area contributed by atoms with Crippen LogP contribution < -0.4 is 15.6 Å². The van der Waals surface area contributed by atoms with Crippen LogP contribution in [-0.2, 0) is 4.79 Å². The van der Waals surface area contributed by atoms with Crippen molar-refractivity contribution in [2.75, 3.05) is 6.61 Å². The Balaban J connectivity index is 1.55.